The van der Waals surface area contributed by atoms with Gasteiger partial charge >= 0.3 is 0 Å². The molecular weight excluding hydrogens is 498 g/mol. The zero-order valence-corrected chi connectivity index (χ0v) is 21.6. The lowest BCUT2D eigenvalue weighted by molar-refractivity contribution is -0.0792. The number of hydrogen-bond acceptors (Lipinski definition) is 5. The fourth-order valence-corrected chi connectivity index (χ4v) is 5.26. The third-order valence-electron chi connectivity index (χ3n) is 6.87. The average Bonchev–Trinajstić information content (AvgIpc) is 3.35. The van der Waals surface area contributed by atoms with Crippen LogP contribution in [0, 0.1) is 11.7 Å². The third kappa shape index (κ3) is 4.92. The summed E-state index contributed by atoms with van der Waals surface area (Å²) in [6.45, 7) is 1.85. The lowest BCUT2D eigenvalue weighted by atomic mass is 9.80. The number of aryl methyl sites for hydroxylation is 1. The highest BCUT2D eigenvalue weighted by atomic mass is 32.1. The van der Waals surface area contributed by atoms with Crippen LogP contribution >= 0.6 is 12.2 Å². The summed E-state index contributed by atoms with van der Waals surface area (Å²) < 4.78 is 15.2. The molecule has 5 rings (SSSR count). The van der Waals surface area contributed by atoms with E-state index in [0.717, 1.165) is 16.7 Å². The zero-order valence-electron chi connectivity index (χ0n) is 20.8. The summed E-state index contributed by atoms with van der Waals surface area (Å²) in [5.74, 6) is 0. The maximum Gasteiger partial charge on any atom is 0.254 e. The second-order valence-electron chi connectivity index (χ2n) is 9.21. The van der Waals surface area contributed by atoms with E-state index in [1.807, 2.05) is 91.0 Å². The van der Waals surface area contributed by atoms with E-state index in [4.69, 9.17) is 21.7 Å². The lowest BCUT2D eigenvalue weighted by Gasteiger charge is -2.37. The van der Waals surface area contributed by atoms with Crippen molar-refractivity contribution in [3.63, 3.8) is 0 Å². The number of nitrogens with one attached hydrogen (secondary N) is 1. The van der Waals surface area contributed by atoms with Crippen LogP contribution in [0.4, 0.5) is 0 Å². The van der Waals surface area contributed by atoms with Crippen molar-refractivity contribution >= 4 is 12.2 Å². The Kier molecular flexibility index (Phi) is 7.53. The van der Waals surface area contributed by atoms with E-state index in [0.29, 0.717) is 12.0 Å². The van der Waals surface area contributed by atoms with Crippen LogP contribution in [0.3, 0.4) is 0 Å². The molecule has 1 aromatic heterocycles. The number of nitrogens with zero attached hydrogens (tertiary/aromatic N) is 4. The predicted molar refractivity (Wildman–Crippen MR) is 147 cm³/mol. The fraction of sp³-hybridized carbons (Fsp3) is 0.241. The van der Waals surface area contributed by atoms with E-state index in [2.05, 4.69) is 15.0 Å². The second kappa shape index (κ2) is 11.2. The number of rotatable bonds is 8. The number of aromatic nitrogens is 2. The van der Waals surface area contributed by atoms with Crippen LogP contribution in [0.2, 0.25) is 0 Å². The smallest absolute Gasteiger partial charge is 0.254 e. The Bertz CT molecular complexity index is 1450. The van der Waals surface area contributed by atoms with Gasteiger partial charge in [-0.15, -0.1) is 0 Å². The van der Waals surface area contributed by atoms with Crippen LogP contribution in [0.15, 0.2) is 107 Å². The molecule has 1 fully saturated rings. The van der Waals surface area contributed by atoms with Crippen LogP contribution in [0.25, 0.3) is 10.4 Å². The van der Waals surface area contributed by atoms with E-state index in [1.165, 1.54) is 0 Å². The van der Waals surface area contributed by atoms with Gasteiger partial charge < -0.3 is 9.47 Å². The first-order valence-corrected chi connectivity index (χ1v) is 12.8. The maximum absolute atomic E-state index is 12.0. The molecule has 3 aromatic carbocycles. The van der Waals surface area contributed by atoms with Crippen molar-refractivity contribution in [2.45, 2.75) is 37.3 Å². The molecule has 38 heavy (non-hydrogen) atoms. The highest BCUT2D eigenvalue weighted by Crippen LogP contribution is 2.42. The molecule has 0 radical (unpaired) electrons. The molecule has 9 heteroatoms. The van der Waals surface area contributed by atoms with Crippen molar-refractivity contribution in [3.05, 3.63) is 145 Å². The molecule has 0 spiro atoms. The van der Waals surface area contributed by atoms with E-state index in [-0.39, 0.29) is 16.9 Å². The molecule has 1 aliphatic rings. The molecule has 1 unspecified atom stereocenters. The average molecular weight is 526 g/mol. The second-order valence-corrected chi connectivity index (χ2v) is 9.59. The van der Waals surface area contributed by atoms with Gasteiger partial charge in [-0.05, 0) is 41.4 Å². The molecule has 2 heterocycles. The van der Waals surface area contributed by atoms with Crippen molar-refractivity contribution in [3.8, 4) is 0 Å². The first kappa shape index (κ1) is 25.6. The predicted octanol–water partition coefficient (Wildman–Crippen LogP) is 6.19. The van der Waals surface area contributed by atoms with Crippen molar-refractivity contribution in [2.24, 2.45) is 5.11 Å². The Morgan fingerprint density at radius 2 is 1.55 bits per heavy atom. The number of benzene rings is 3. The van der Waals surface area contributed by atoms with Crippen LogP contribution in [0.1, 0.15) is 34.9 Å². The minimum absolute atomic E-state index is 0.147. The molecule has 0 aliphatic carbocycles. The number of ether oxygens (including phenoxy) is 2. The molecular formula is C29H27N5O3S. The van der Waals surface area contributed by atoms with Gasteiger partial charge in [-0.25, -0.2) is 0 Å². The van der Waals surface area contributed by atoms with Gasteiger partial charge in [0, 0.05) is 23.1 Å². The summed E-state index contributed by atoms with van der Waals surface area (Å²) in [6.07, 6.45) is 1.01. The lowest BCUT2D eigenvalue weighted by Crippen LogP contribution is -2.37. The first-order chi connectivity index (χ1) is 18.5. The largest absolute Gasteiger partial charge is 0.358 e. The van der Waals surface area contributed by atoms with Crippen LogP contribution in [-0.2, 0) is 15.1 Å². The Morgan fingerprint density at radius 1 is 1.03 bits per heavy atom. The van der Waals surface area contributed by atoms with Crippen LogP contribution in [-0.4, -0.2) is 28.3 Å². The SMILES string of the molecule is Cc1cn([C@H]2CC(N=[N+]=[N-])[C@@H](COC(c3ccccc3)(c3ccccc3)c3ccccc3)O2)c(=S)[nH]c1=O. The summed E-state index contributed by atoms with van der Waals surface area (Å²) in [6, 6.07) is 29.7. The maximum atomic E-state index is 12.0. The van der Waals surface area contributed by atoms with Gasteiger partial charge in [-0.2, -0.15) is 0 Å². The van der Waals surface area contributed by atoms with Crippen LogP contribution < -0.4 is 5.56 Å². The zero-order chi connectivity index (χ0) is 26.5. The summed E-state index contributed by atoms with van der Waals surface area (Å²) in [5.41, 5.74) is 11.5. The van der Waals surface area contributed by atoms with Gasteiger partial charge in [0.2, 0.25) is 0 Å². The minimum atomic E-state index is -0.934. The minimum Gasteiger partial charge on any atom is -0.358 e. The molecule has 1 aliphatic heterocycles. The number of H-pyrrole nitrogens is 1. The Morgan fingerprint density at radius 3 is 2.05 bits per heavy atom. The molecule has 0 saturated carbocycles. The van der Waals surface area contributed by atoms with Gasteiger partial charge in [0.25, 0.3) is 5.56 Å². The Labute approximate surface area is 225 Å². The summed E-state index contributed by atoms with van der Waals surface area (Å²) in [4.78, 5) is 17.7. The quantitative estimate of drug-likeness (QED) is 0.0973. The Hall–Kier alpha value is -4.01. The standard InChI is InChI=1S/C29H27N5O3S/c1-20-18-34(28(38)31-27(20)35)26-17-24(32-33-30)25(37-26)19-36-29(21-11-5-2-6-12-21,22-13-7-3-8-14-22)23-15-9-4-10-16-23/h2-16,18,24-26H,17,19H2,1H3,(H,31,35,38)/t24?,25-,26-/m1/s1. The highest BCUT2D eigenvalue weighted by Gasteiger charge is 2.42. The normalized spacial score (nSPS) is 19.1. The molecule has 192 valence electrons. The third-order valence-corrected chi connectivity index (χ3v) is 7.18. The Balaban J connectivity index is 1.54. The van der Waals surface area contributed by atoms with Crippen LogP contribution in [0.5, 0.6) is 0 Å². The van der Waals surface area contributed by atoms with Crippen molar-refractivity contribution in [2.75, 3.05) is 6.61 Å². The molecule has 0 bridgehead atoms. The fourth-order valence-electron chi connectivity index (χ4n) is 5.00. The van der Waals surface area contributed by atoms with E-state index in [9.17, 15) is 10.3 Å². The monoisotopic (exact) mass is 525 g/mol. The number of azide groups is 1. The first-order valence-electron chi connectivity index (χ1n) is 12.3. The van der Waals surface area contributed by atoms with Gasteiger partial charge in [0.1, 0.15) is 11.8 Å². The number of hydrogen-bond donors (Lipinski definition) is 1. The molecule has 8 nitrogen and oxygen atoms in total. The van der Waals surface area contributed by atoms with E-state index >= 15 is 0 Å². The highest BCUT2D eigenvalue weighted by molar-refractivity contribution is 7.71. The van der Waals surface area contributed by atoms with Gasteiger partial charge in [-0.3, -0.25) is 14.3 Å². The molecule has 1 N–H and O–H groups in total. The van der Waals surface area contributed by atoms with Crippen molar-refractivity contribution in [1.82, 2.24) is 9.55 Å². The summed E-state index contributed by atoms with van der Waals surface area (Å²) in [5, 5.41) is 4.03. The molecule has 1 saturated heterocycles. The molecule has 0 amide bonds. The van der Waals surface area contributed by atoms with Gasteiger partial charge in [-0.1, -0.05) is 96.1 Å². The van der Waals surface area contributed by atoms with Gasteiger partial charge in [0.05, 0.1) is 18.8 Å². The van der Waals surface area contributed by atoms with E-state index in [1.54, 1.807) is 17.7 Å². The molecule has 4 aromatic rings. The van der Waals surface area contributed by atoms with Gasteiger partial charge in [0.15, 0.2) is 4.77 Å². The van der Waals surface area contributed by atoms with Crippen molar-refractivity contribution in [1.29, 1.82) is 0 Å². The topological polar surface area (TPSA) is 105 Å². The number of aromatic amines is 1. The van der Waals surface area contributed by atoms with Crippen molar-refractivity contribution < 1.29 is 9.47 Å². The summed E-state index contributed by atoms with van der Waals surface area (Å²) in [7, 11) is 0. The molecule has 3 atom stereocenters. The summed E-state index contributed by atoms with van der Waals surface area (Å²) >= 11 is 5.39. The van der Waals surface area contributed by atoms with E-state index < -0.39 is 24.0 Å².